The van der Waals surface area contributed by atoms with Gasteiger partial charge in [0.05, 0.1) is 11.3 Å². The third-order valence-corrected chi connectivity index (χ3v) is 4.33. The van der Waals surface area contributed by atoms with Gasteiger partial charge in [-0.25, -0.2) is 4.79 Å². The van der Waals surface area contributed by atoms with Gasteiger partial charge < -0.3 is 15.3 Å². The predicted octanol–water partition coefficient (Wildman–Crippen LogP) is 2.33. The van der Waals surface area contributed by atoms with Crippen molar-refractivity contribution < 1.29 is 14.7 Å². The molecule has 5 nitrogen and oxygen atoms in total. The molecule has 24 heavy (non-hydrogen) atoms. The van der Waals surface area contributed by atoms with Gasteiger partial charge in [-0.1, -0.05) is 30.3 Å². The fraction of sp³-hybridized carbons (Fsp3) is 0.263. The summed E-state index contributed by atoms with van der Waals surface area (Å²) in [4.78, 5) is 26.8. The molecule has 0 atom stereocenters. The Kier molecular flexibility index (Phi) is 4.62. The monoisotopic (exact) mass is 324 g/mol. The van der Waals surface area contributed by atoms with Crippen molar-refractivity contribution in [3.05, 3.63) is 64.7 Å². The first-order chi connectivity index (χ1) is 11.6. The SMILES string of the molecule is Cc1ccccc1C(=O)c1cccc(C(=O)O)c1N1CCNCC1. The molecule has 0 aromatic heterocycles. The van der Waals surface area contributed by atoms with Crippen LogP contribution in [0.4, 0.5) is 5.69 Å². The molecule has 0 saturated carbocycles. The quantitative estimate of drug-likeness (QED) is 0.845. The minimum Gasteiger partial charge on any atom is -0.478 e. The summed E-state index contributed by atoms with van der Waals surface area (Å²) in [5.41, 5.74) is 2.65. The second-order valence-electron chi connectivity index (χ2n) is 5.89. The largest absolute Gasteiger partial charge is 0.478 e. The van der Waals surface area contributed by atoms with Gasteiger partial charge in [0.2, 0.25) is 0 Å². The number of carbonyl (C=O) groups is 2. The summed E-state index contributed by atoms with van der Waals surface area (Å²) in [6.07, 6.45) is 0. The van der Waals surface area contributed by atoms with E-state index in [4.69, 9.17) is 0 Å². The van der Waals surface area contributed by atoms with E-state index >= 15 is 0 Å². The van der Waals surface area contributed by atoms with Gasteiger partial charge in [0.15, 0.2) is 5.78 Å². The molecule has 0 aliphatic carbocycles. The highest BCUT2D eigenvalue weighted by Gasteiger charge is 2.25. The molecule has 0 amide bonds. The summed E-state index contributed by atoms with van der Waals surface area (Å²) in [7, 11) is 0. The molecule has 1 aliphatic heterocycles. The van der Waals surface area contributed by atoms with E-state index < -0.39 is 5.97 Å². The molecular weight excluding hydrogens is 304 g/mol. The maximum absolute atomic E-state index is 13.1. The average molecular weight is 324 g/mol. The molecule has 0 unspecified atom stereocenters. The van der Waals surface area contributed by atoms with E-state index in [1.54, 1.807) is 24.3 Å². The Morgan fingerprint density at radius 1 is 0.958 bits per heavy atom. The molecule has 0 spiro atoms. The van der Waals surface area contributed by atoms with Crippen LogP contribution in [0.15, 0.2) is 42.5 Å². The number of carboxylic acid groups (broad SMARTS) is 1. The summed E-state index contributed by atoms with van der Waals surface area (Å²) >= 11 is 0. The molecule has 2 aromatic carbocycles. The lowest BCUT2D eigenvalue weighted by molar-refractivity contribution is 0.0697. The zero-order chi connectivity index (χ0) is 17.1. The summed E-state index contributed by atoms with van der Waals surface area (Å²) < 4.78 is 0. The highest BCUT2D eigenvalue weighted by Crippen LogP contribution is 2.29. The molecule has 5 heteroatoms. The molecule has 2 N–H and O–H groups in total. The van der Waals surface area contributed by atoms with Gasteiger partial charge in [0, 0.05) is 37.3 Å². The molecular formula is C19H20N2O3. The first-order valence-electron chi connectivity index (χ1n) is 8.02. The number of piperazine rings is 1. The first kappa shape index (κ1) is 16.2. The van der Waals surface area contributed by atoms with E-state index in [0.29, 0.717) is 29.9 Å². The van der Waals surface area contributed by atoms with Gasteiger partial charge in [-0.05, 0) is 24.6 Å². The second-order valence-corrected chi connectivity index (χ2v) is 5.89. The smallest absolute Gasteiger partial charge is 0.337 e. The normalized spacial score (nSPS) is 14.5. The van der Waals surface area contributed by atoms with Crippen LogP contribution in [-0.2, 0) is 0 Å². The van der Waals surface area contributed by atoms with Crippen LogP contribution in [0, 0.1) is 6.92 Å². The number of para-hydroxylation sites is 1. The van der Waals surface area contributed by atoms with Crippen molar-refractivity contribution in [2.24, 2.45) is 0 Å². The number of aromatic carboxylic acids is 1. The molecule has 3 rings (SSSR count). The Balaban J connectivity index is 2.13. The molecule has 1 saturated heterocycles. The minimum absolute atomic E-state index is 0.135. The first-order valence-corrected chi connectivity index (χ1v) is 8.02. The van der Waals surface area contributed by atoms with E-state index in [0.717, 1.165) is 18.7 Å². The molecule has 1 aliphatic rings. The second kappa shape index (κ2) is 6.84. The number of aryl methyl sites for hydroxylation is 1. The number of nitrogens with zero attached hydrogens (tertiary/aromatic N) is 1. The maximum atomic E-state index is 13.1. The Morgan fingerprint density at radius 2 is 1.58 bits per heavy atom. The Morgan fingerprint density at radius 3 is 2.25 bits per heavy atom. The number of nitrogens with one attached hydrogen (secondary N) is 1. The van der Waals surface area contributed by atoms with Gasteiger partial charge in [0.1, 0.15) is 0 Å². The highest BCUT2D eigenvalue weighted by atomic mass is 16.4. The average Bonchev–Trinajstić information content (AvgIpc) is 2.61. The van der Waals surface area contributed by atoms with Crippen LogP contribution in [0.1, 0.15) is 31.8 Å². The zero-order valence-electron chi connectivity index (χ0n) is 13.6. The van der Waals surface area contributed by atoms with E-state index in [-0.39, 0.29) is 11.3 Å². The van der Waals surface area contributed by atoms with E-state index in [1.165, 1.54) is 0 Å². The van der Waals surface area contributed by atoms with Gasteiger partial charge in [0.25, 0.3) is 0 Å². The minimum atomic E-state index is -1.01. The highest BCUT2D eigenvalue weighted by molar-refractivity contribution is 6.15. The van der Waals surface area contributed by atoms with Gasteiger partial charge in [-0.3, -0.25) is 4.79 Å². The van der Waals surface area contributed by atoms with E-state index in [1.807, 2.05) is 30.0 Å². The van der Waals surface area contributed by atoms with Crippen molar-refractivity contribution in [1.29, 1.82) is 0 Å². The molecule has 124 valence electrons. The number of anilines is 1. The lowest BCUT2D eigenvalue weighted by atomic mass is 9.95. The zero-order valence-corrected chi connectivity index (χ0v) is 13.6. The van der Waals surface area contributed by atoms with Gasteiger partial charge in [-0.2, -0.15) is 0 Å². The molecule has 1 fully saturated rings. The molecule has 0 bridgehead atoms. The van der Waals surface area contributed by atoms with Gasteiger partial charge in [-0.15, -0.1) is 0 Å². The van der Waals surface area contributed by atoms with Crippen molar-refractivity contribution in [3.8, 4) is 0 Å². The number of carbonyl (C=O) groups excluding carboxylic acids is 1. The van der Waals surface area contributed by atoms with Crippen LogP contribution >= 0.6 is 0 Å². The predicted molar refractivity (Wildman–Crippen MR) is 93.1 cm³/mol. The van der Waals surface area contributed by atoms with Gasteiger partial charge >= 0.3 is 5.97 Å². The van der Waals surface area contributed by atoms with Crippen LogP contribution in [0.5, 0.6) is 0 Å². The Labute approximate surface area is 140 Å². The van der Waals surface area contributed by atoms with Crippen molar-refractivity contribution in [2.45, 2.75) is 6.92 Å². The van der Waals surface area contributed by atoms with Crippen LogP contribution in [-0.4, -0.2) is 43.0 Å². The van der Waals surface area contributed by atoms with Crippen LogP contribution in [0.2, 0.25) is 0 Å². The number of benzene rings is 2. The molecule has 0 radical (unpaired) electrons. The number of ketones is 1. The molecule has 1 heterocycles. The summed E-state index contributed by atoms with van der Waals surface area (Å²) in [5.74, 6) is -1.15. The van der Waals surface area contributed by atoms with Crippen LogP contribution < -0.4 is 10.2 Å². The van der Waals surface area contributed by atoms with Crippen molar-refractivity contribution in [1.82, 2.24) is 5.32 Å². The standard InChI is InChI=1S/C19H20N2O3/c1-13-5-2-3-6-14(13)18(22)15-7-4-8-16(19(23)24)17(15)21-11-9-20-10-12-21/h2-8,20H,9-12H2,1H3,(H,23,24). The Hall–Kier alpha value is -2.66. The summed E-state index contributed by atoms with van der Waals surface area (Å²) in [6, 6.07) is 12.3. The summed E-state index contributed by atoms with van der Waals surface area (Å²) in [6.45, 7) is 4.79. The Bertz CT molecular complexity index is 780. The third kappa shape index (κ3) is 3.03. The van der Waals surface area contributed by atoms with Crippen molar-refractivity contribution >= 4 is 17.4 Å². The number of hydrogen-bond donors (Lipinski definition) is 2. The van der Waals surface area contributed by atoms with Crippen molar-refractivity contribution in [2.75, 3.05) is 31.1 Å². The molecule has 2 aromatic rings. The summed E-state index contributed by atoms with van der Waals surface area (Å²) in [5, 5.41) is 12.8. The van der Waals surface area contributed by atoms with E-state index in [9.17, 15) is 14.7 Å². The number of hydrogen-bond acceptors (Lipinski definition) is 4. The lowest BCUT2D eigenvalue weighted by Crippen LogP contribution is -2.44. The van der Waals surface area contributed by atoms with Crippen molar-refractivity contribution in [3.63, 3.8) is 0 Å². The third-order valence-electron chi connectivity index (χ3n) is 4.33. The van der Waals surface area contributed by atoms with Crippen LogP contribution in [0.25, 0.3) is 0 Å². The lowest BCUT2D eigenvalue weighted by Gasteiger charge is -2.32. The maximum Gasteiger partial charge on any atom is 0.337 e. The number of carboxylic acids is 1. The van der Waals surface area contributed by atoms with E-state index in [2.05, 4.69) is 5.32 Å². The topological polar surface area (TPSA) is 69.6 Å². The fourth-order valence-corrected chi connectivity index (χ4v) is 3.10. The fourth-order valence-electron chi connectivity index (χ4n) is 3.10. The number of rotatable bonds is 4. The van der Waals surface area contributed by atoms with Crippen LogP contribution in [0.3, 0.4) is 0 Å².